The minimum atomic E-state index is -4.11. The third kappa shape index (κ3) is 13.4. The van der Waals surface area contributed by atoms with Crippen LogP contribution in [0.15, 0.2) is 71.6 Å². The minimum absolute atomic E-state index is 0.0161. The summed E-state index contributed by atoms with van der Waals surface area (Å²) in [6.45, 7) is 13.7. The molecule has 15 heteroatoms. The lowest BCUT2D eigenvalue weighted by molar-refractivity contribution is -0.123. The zero-order valence-electron chi connectivity index (χ0n) is 35.5. The van der Waals surface area contributed by atoms with E-state index < -0.39 is 39.8 Å². The fourth-order valence-corrected chi connectivity index (χ4v) is 9.01. The molecule has 0 saturated carbocycles. The van der Waals surface area contributed by atoms with Crippen molar-refractivity contribution in [1.29, 1.82) is 0 Å². The van der Waals surface area contributed by atoms with E-state index in [1.807, 2.05) is 43.3 Å². The maximum absolute atomic E-state index is 14.5. The van der Waals surface area contributed by atoms with Gasteiger partial charge in [0.2, 0.25) is 15.9 Å². The van der Waals surface area contributed by atoms with Gasteiger partial charge in [-0.2, -0.15) is 4.31 Å². The first kappa shape index (κ1) is 45.8. The van der Waals surface area contributed by atoms with E-state index >= 15 is 0 Å². The second kappa shape index (κ2) is 21.3. The van der Waals surface area contributed by atoms with Crippen molar-refractivity contribution in [2.24, 2.45) is 5.92 Å². The van der Waals surface area contributed by atoms with Gasteiger partial charge in [0.1, 0.15) is 18.0 Å². The van der Waals surface area contributed by atoms with Crippen molar-refractivity contribution < 1.29 is 46.4 Å². The molecule has 324 valence electrons. The molecule has 1 saturated heterocycles. The summed E-state index contributed by atoms with van der Waals surface area (Å²) >= 11 is 0. The highest BCUT2D eigenvalue weighted by molar-refractivity contribution is 7.89. The van der Waals surface area contributed by atoms with Crippen LogP contribution in [0, 0.1) is 12.8 Å². The van der Waals surface area contributed by atoms with Gasteiger partial charge in [0.15, 0.2) is 0 Å². The quantitative estimate of drug-likeness (QED) is 0.113. The predicted octanol–water partition coefficient (Wildman–Crippen LogP) is 6.11. The summed E-state index contributed by atoms with van der Waals surface area (Å²) < 4.78 is 64.9. The van der Waals surface area contributed by atoms with Gasteiger partial charge in [0.05, 0.1) is 49.7 Å². The number of hydrogen-bond acceptors (Lipinski definition) is 11. The Morgan fingerprint density at radius 1 is 0.932 bits per heavy atom. The molecule has 2 amide bonds. The van der Waals surface area contributed by atoms with Crippen LogP contribution in [0.1, 0.15) is 75.1 Å². The van der Waals surface area contributed by atoms with Crippen molar-refractivity contribution in [3.8, 4) is 5.75 Å². The summed E-state index contributed by atoms with van der Waals surface area (Å²) in [6.07, 6.45) is -0.490. The van der Waals surface area contributed by atoms with E-state index in [2.05, 4.69) is 28.7 Å². The Hall–Kier alpha value is -4.25. The lowest BCUT2D eigenvalue weighted by Crippen LogP contribution is -2.54. The average Bonchev–Trinajstić information content (AvgIpc) is 3.19. The molecule has 14 nitrogen and oxygen atoms in total. The number of anilines is 1. The summed E-state index contributed by atoms with van der Waals surface area (Å²) in [5.74, 6) is 0.208. The SMILES string of the molecule is COCCCN1CCOc2ccc(CO[C@H]3CN(S(=O)(=O)c4ccc(C)cc4)[C@@H](CC(=O)NNC(=O)OC(C)(C)C)C[C@@H]3c3ccc(COC[C@@H](C)COC)cc3)cc21. The number of carbonyl (C=O) groups is 2. The highest BCUT2D eigenvalue weighted by Gasteiger charge is 2.44. The van der Waals surface area contributed by atoms with Gasteiger partial charge in [-0.05, 0) is 81.5 Å². The van der Waals surface area contributed by atoms with Crippen LogP contribution in [0.3, 0.4) is 0 Å². The second-order valence-electron chi connectivity index (χ2n) is 16.4. The number of amides is 2. The van der Waals surface area contributed by atoms with Crippen LogP contribution >= 0.6 is 0 Å². The van der Waals surface area contributed by atoms with Gasteiger partial charge in [0.25, 0.3) is 0 Å². The van der Waals surface area contributed by atoms with Crippen molar-refractivity contribution >= 4 is 27.7 Å². The largest absolute Gasteiger partial charge is 0.490 e. The molecule has 0 spiro atoms. The molecule has 1 fully saturated rings. The van der Waals surface area contributed by atoms with E-state index in [-0.39, 0.29) is 42.7 Å². The summed E-state index contributed by atoms with van der Waals surface area (Å²) in [5, 5.41) is 0. The Bertz CT molecular complexity index is 1920. The Kier molecular flexibility index (Phi) is 16.6. The first-order valence-electron chi connectivity index (χ1n) is 20.3. The average molecular weight is 839 g/mol. The number of aryl methyl sites for hydroxylation is 1. The van der Waals surface area contributed by atoms with E-state index in [4.69, 9.17) is 28.4 Å². The molecule has 3 aromatic rings. The number of carbonyl (C=O) groups excluding carboxylic acids is 2. The third-order valence-corrected chi connectivity index (χ3v) is 12.2. The Balaban J connectivity index is 1.43. The van der Waals surface area contributed by atoms with Gasteiger partial charge in [-0.15, -0.1) is 0 Å². The number of nitrogens with zero attached hydrogens (tertiary/aromatic N) is 2. The van der Waals surface area contributed by atoms with E-state index in [9.17, 15) is 18.0 Å². The minimum Gasteiger partial charge on any atom is -0.490 e. The fourth-order valence-electron chi connectivity index (χ4n) is 7.37. The van der Waals surface area contributed by atoms with E-state index in [1.54, 1.807) is 59.3 Å². The van der Waals surface area contributed by atoms with Crippen LogP contribution in [-0.4, -0.2) is 103 Å². The highest BCUT2D eigenvalue weighted by atomic mass is 32.2. The van der Waals surface area contributed by atoms with Crippen molar-refractivity contribution in [3.63, 3.8) is 0 Å². The summed E-state index contributed by atoms with van der Waals surface area (Å²) in [5.41, 5.74) is 8.68. The van der Waals surface area contributed by atoms with Crippen molar-refractivity contribution in [3.05, 3.63) is 89.0 Å². The molecule has 2 heterocycles. The molecule has 0 radical (unpaired) electrons. The van der Waals surface area contributed by atoms with Gasteiger partial charge in [0, 0.05) is 58.2 Å². The topological polar surface area (TPSA) is 154 Å². The molecule has 2 aliphatic heterocycles. The van der Waals surface area contributed by atoms with Gasteiger partial charge < -0.3 is 33.3 Å². The van der Waals surface area contributed by atoms with Crippen molar-refractivity contribution in [2.75, 3.05) is 65.2 Å². The smallest absolute Gasteiger partial charge is 0.426 e. The van der Waals surface area contributed by atoms with E-state index in [0.29, 0.717) is 33.0 Å². The molecular weight excluding hydrogens is 777 g/mol. The molecule has 0 aromatic heterocycles. The number of sulfonamides is 1. The number of hydrogen-bond donors (Lipinski definition) is 2. The molecule has 4 atom stereocenters. The fraction of sp³-hybridized carbons (Fsp3) is 0.545. The normalized spacial score (nSPS) is 19.0. The Labute approximate surface area is 349 Å². The van der Waals surface area contributed by atoms with E-state index in [0.717, 1.165) is 53.2 Å². The van der Waals surface area contributed by atoms with Gasteiger partial charge in [-0.3, -0.25) is 10.2 Å². The van der Waals surface area contributed by atoms with Crippen LogP contribution in [0.2, 0.25) is 0 Å². The molecule has 5 rings (SSSR count). The Morgan fingerprint density at radius 3 is 2.36 bits per heavy atom. The lowest BCUT2D eigenvalue weighted by atomic mass is 9.83. The van der Waals surface area contributed by atoms with Crippen LogP contribution < -0.4 is 20.5 Å². The molecule has 2 N–H and O–H groups in total. The van der Waals surface area contributed by atoms with Crippen molar-refractivity contribution in [1.82, 2.24) is 15.2 Å². The summed E-state index contributed by atoms with van der Waals surface area (Å²) in [4.78, 5) is 28.2. The highest BCUT2D eigenvalue weighted by Crippen LogP contribution is 2.39. The van der Waals surface area contributed by atoms with Gasteiger partial charge in [-0.1, -0.05) is 55.0 Å². The van der Waals surface area contributed by atoms with Crippen LogP contribution in [0.25, 0.3) is 0 Å². The Morgan fingerprint density at radius 2 is 1.66 bits per heavy atom. The molecular formula is C44H62N4O10S. The zero-order valence-corrected chi connectivity index (χ0v) is 36.3. The van der Waals surface area contributed by atoms with Gasteiger partial charge in [-0.25, -0.2) is 18.6 Å². The number of nitrogens with one attached hydrogen (secondary N) is 2. The number of benzene rings is 3. The molecule has 2 aliphatic rings. The molecule has 59 heavy (non-hydrogen) atoms. The van der Waals surface area contributed by atoms with Crippen LogP contribution in [-0.2, 0) is 51.7 Å². The molecule has 0 aliphatic carbocycles. The first-order chi connectivity index (χ1) is 28.2. The molecule has 0 unspecified atom stereocenters. The first-order valence-corrected chi connectivity index (χ1v) is 21.7. The van der Waals surface area contributed by atoms with E-state index in [1.165, 1.54) is 4.31 Å². The summed E-state index contributed by atoms with van der Waals surface area (Å²) in [7, 11) is -0.734. The monoisotopic (exact) mass is 838 g/mol. The number of fused-ring (bicyclic) bond motifs is 1. The number of methoxy groups -OCH3 is 2. The second-order valence-corrected chi connectivity index (χ2v) is 18.3. The standard InChI is InChI=1S/C44H62N4O10S/c1-31-9-16-37(17-10-31)59(51,52)48-26-41(57-30-34-13-18-40-39(23-34)47(20-22-56-40)19-8-21-53-6)38(24-36(48)25-42(49)45-46-43(50)58-44(3,4)5)35-14-11-33(12-15-35)29-55-28-32(2)27-54-7/h9-18,23,32,36,38,41H,8,19-22,24-30H2,1-7H3,(H,45,49)(H,46,50)/t32-,36+,38+,41-/m0/s1. The number of rotatable bonds is 18. The maximum Gasteiger partial charge on any atom is 0.426 e. The lowest BCUT2D eigenvalue weighted by Gasteiger charge is -2.43. The number of hydrazine groups is 1. The zero-order chi connectivity index (χ0) is 42.6. The van der Waals surface area contributed by atoms with Gasteiger partial charge >= 0.3 is 6.09 Å². The van der Waals surface area contributed by atoms with Crippen molar-refractivity contribution in [2.45, 2.75) is 95.7 Å². The number of piperidine rings is 1. The molecule has 0 bridgehead atoms. The third-order valence-electron chi connectivity index (χ3n) is 10.2. The van der Waals surface area contributed by atoms with Crippen LogP contribution in [0.5, 0.6) is 5.75 Å². The van der Waals surface area contributed by atoms with Crippen LogP contribution in [0.4, 0.5) is 10.5 Å². The maximum atomic E-state index is 14.5. The molecule has 3 aromatic carbocycles. The predicted molar refractivity (Wildman–Crippen MR) is 225 cm³/mol. The number of ether oxygens (including phenoxy) is 6. The summed E-state index contributed by atoms with van der Waals surface area (Å²) in [6, 6.07) is 20.0.